The molecule has 4 atom stereocenters. The molecule has 0 aromatic rings. The normalized spacial score (nSPS) is 32.1. The molecule has 0 amide bonds. The van der Waals surface area contributed by atoms with Crippen LogP contribution < -0.4 is 0 Å². The maximum atomic E-state index is 10.4. The van der Waals surface area contributed by atoms with Crippen molar-refractivity contribution >= 4 is 6.29 Å². The van der Waals surface area contributed by atoms with Gasteiger partial charge in [0.25, 0.3) is 0 Å². The molecule has 0 saturated heterocycles. The van der Waals surface area contributed by atoms with E-state index in [0.717, 1.165) is 36.4 Å². The van der Waals surface area contributed by atoms with E-state index in [9.17, 15) is 4.79 Å². The second-order valence-corrected chi connectivity index (χ2v) is 6.64. The Labute approximate surface area is 132 Å². The van der Waals surface area contributed by atoms with Crippen LogP contribution in [0.3, 0.4) is 0 Å². The highest BCUT2D eigenvalue weighted by Gasteiger charge is 2.39. The molecule has 0 radical (unpaired) electrons. The highest BCUT2D eigenvalue weighted by atomic mass is 16.1. The van der Waals surface area contributed by atoms with E-state index in [4.69, 9.17) is 0 Å². The van der Waals surface area contributed by atoms with Crippen LogP contribution in [0.4, 0.5) is 0 Å². The van der Waals surface area contributed by atoms with Gasteiger partial charge in [-0.2, -0.15) is 0 Å². The number of fused-ring (bicyclic) bond motifs is 1. The maximum absolute atomic E-state index is 10.4. The molecule has 0 heterocycles. The molecule has 4 unspecified atom stereocenters. The van der Waals surface area contributed by atoms with Crippen molar-refractivity contribution in [2.75, 3.05) is 0 Å². The first-order valence-corrected chi connectivity index (χ1v) is 9.47. The molecule has 0 aromatic carbocycles. The Morgan fingerprint density at radius 2 is 1.76 bits per heavy atom. The third-order valence-corrected chi connectivity index (χ3v) is 5.57. The Balaban J connectivity index is 0.00000106. The molecule has 122 valence electrons. The van der Waals surface area contributed by atoms with E-state index in [1.165, 1.54) is 57.8 Å². The molecule has 21 heavy (non-hydrogen) atoms. The van der Waals surface area contributed by atoms with Crippen molar-refractivity contribution in [1.29, 1.82) is 0 Å². The van der Waals surface area contributed by atoms with Gasteiger partial charge in [-0.15, -0.1) is 0 Å². The lowest BCUT2D eigenvalue weighted by atomic mass is 9.59. The van der Waals surface area contributed by atoms with Crippen LogP contribution in [0.5, 0.6) is 0 Å². The van der Waals surface area contributed by atoms with Gasteiger partial charge >= 0.3 is 0 Å². The summed E-state index contributed by atoms with van der Waals surface area (Å²) in [7, 11) is 0. The van der Waals surface area contributed by atoms with Crippen molar-refractivity contribution in [2.24, 2.45) is 23.7 Å². The standard InChI is InChI=1S/C18H30O.C2H6/c1-2-8-15-12-13-16-9-5-6-11-18(16)17(15)10-4-3-7-14-19;1-2/h3,7,14-18H,2,4-6,8-13H2,1H3;1-2H3/b7-3+;. The van der Waals surface area contributed by atoms with Crippen LogP contribution in [0, 0.1) is 23.7 Å². The number of hydrogen-bond acceptors (Lipinski definition) is 1. The van der Waals surface area contributed by atoms with E-state index in [-0.39, 0.29) is 0 Å². The Morgan fingerprint density at radius 1 is 1.00 bits per heavy atom. The van der Waals surface area contributed by atoms with Gasteiger partial charge in [0.1, 0.15) is 6.29 Å². The fourth-order valence-corrected chi connectivity index (χ4v) is 4.77. The lowest BCUT2D eigenvalue weighted by Gasteiger charge is -2.46. The fourth-order valence-electron chi connectivity index (χ4n) is 4.77. The molecule has 0 spiro atoms. The summed E-state index contributed by atoms with van der Waals surface area (Å²) < 4.78 is 0. The predicted molar refractivity (Wildman–Crippen MR) is 92.4 cm³/mol. The van der Waals surface area contributed by atoms with Crippen molar-refractivity contribution < 1.29 is 4.79 Å². The summed E-state index contributed by atoms with van der Waals surface area (Å²) in [6.07, 6.45) is 18.7. The highest BCUT2D eigenvalue weighted by Crippen LogP contribution is 2.49. The van der Waals surface area contributed by atoms with Crippen LogP contribution in [-0.2, 0) is 4.79 Å². The molecule has 1 nitrogen and oxygen atoms in total. The predicted octanol–water partition coefficient (Wildman–Crippen LogP) is 6.18. The minimum Gasteiger partial charge on any atom is -0.299 e. The van der Waals surface area contributed by atoms with Crippen molar-refractivity contribution in [3.63, 3.8) is 0 Å². The Bertz CT molecular complexity index is 294. The first-order chi connectivity index (χ1) is 10.4. The van der Waals surface area contributed by atoms with Gasteiger partial charge in [0.2, 0.25) is 0 Å². The Kier molecular flexibility index (Phi) is 9.70. The lowest BCUT2D eigenvalue weighted by Crippen LogP contribution is -2.36. The van der Waals surface area contributed by atoms with E-state index in [1.54, 1.807) is 6.08 Å². The molecular weight excluding hydrogens is 256 g/mol. The molecule has 2 rings (SSSR count). The SMILES string of the molecule is CC.CCCC1CCC2CCCCC2C1CC/C=C/C=O. The van der Waals surface area contributed by atoms with Gasteiger partial charge < -0.3 is 0 Å². The van der Waals surface area contributed by atoms with Gasteiger partial charge in [0.05, 0.1) is 0 Å². The summed E-state index contributed by atoms with van der Waals surface area (Å²) >= 11 is 0. The topological polar surface area (TPSA) is 17.1 Å². The van der Waals surface area contributed by atoms with Crippen LogP contribution in [-0.4, -0.2) is 6.29 Å². The lowest BCUT2D eigenvalue weighted by molar-refractivity contribution is -0.104. The van der Waals surface area contributed by atoms with E-state index in [2.05, 4.69) is 13.0 Å². The Morgan fingerprint density at radius 3 is 2.48 bits per heavy atom. The van der Waals surface area contributed by atoms with E-state index >= 15 is 0 Å². The number of rotatable bonds is 6. The van der Waals surface area contributed by atoms with E-state index in [0.29, 0.717) is 0 Å². The molecule has 0 aromatic heterocycles. The average Bonchev–Trinajstić information content (AvgIpc) is 2.55. The van der Waals surface area contributed by atoms with Gasteiger partial charge in [-0.05, 0) is 61.9 Å². The van der Waals surface area contributed by atoms with E-state index in [1.807, 2.05) is 13.8 Å². The van der Waals surface area contributed by atoms with Crippen molar-refractivity contribution in [2.45, 2.75) is 85.0 Å². The third-order valence-electron chi connectivity index (χ3n) is 5.57. The van der Waals surface area contributed by atoms with Crippen LogP contribution in [0.15, 0.2) is 12.2 Å². The monoisotopic (exact) mass is 292 g/mol. The molecule has 2 aliphatic rings. The molecule has 1 heteroatoms. The fraction of sp³-hybridized carbons (Fsp3) is 0.850. The van der Waals surface area contributed by atoms with Crippen LogP contribution in [0.1, 0.15) is 85.0 Å². The third kappa shape index (κ3) is 5.60. The Hall–Kier alpha value is -0.590. The van der Waals surface area contributed by atoms with Crippen molar-refractivity contribution in [3.05, 3.63) is 12.2 Å². The van der Waals surface area contributed by atoms with Crippen LogP contribution in [0.2, 0.25) is 0 Å². The highest BCUT2D eigenvalue weighted by molar-refractivity contribution is 5.64. The second-order valence-electron chi connectivity index (χ2n) is 6.64. The first-order valence-electron chi connectivity index (χ1n) is 9.47. The summed E-state index contributed by atoms with van der Waals surface area (Å²) in [5.74, 6) is 3.94. The second kappa shape index (κ2) is 11.0. The first kappa shape index (κ1) is 18.5. The van der Waals surface area contributed by atoms with Gasteiger partial charge in [-0.3, -0.25) is 4.79 Å². The zero-order valence-corrected chi connectivity index (χ0v) is 14.5. The molecule has 2 saturated carbocycles. The number of hydrogen-bond donors (Lipinski definition) is 0. The molecule has 2 fully saturated rings. The zero-order valence-electron chi connectivity index (χ0n) is 14.5. The van der Waals surface area contributed by atoms with Crippen LogP contribution >= 0.6 is 0 Å². The van der Waals surface area contributed by atoms with Crippen LogP contribution in [0.25, 0.3) is 0 Å². The largest absolute Gasteiger partial charge is 0.299 e. The van der Waals surface area contributed by atoms with Crippen molar-refractivity contribution in [1.82, 2.24) is 0 Å². The van der Waals surface area contributed by atoms with Gasteiger partial charge in [-0.1, -0.05) is 59.0 Å². The number of aldehydes is 1. The number of carbonyl (C=O) groups excluding carboxylic acids is 1. The quantitative estimate of drug-likeness (QED) is 0.422. The number of carbonyl (C=O) groups is 1. The van der Waals surface area contributed by atoms with Gasteiger partial charge in [-0.25, -0.2) is 0 Å². The smallest absolute Gasteiger partial charge is 0.142 e. The molecular formula is C20H36O. The van der Waals surface area contributed by atoms with Gasteiger partial charge in [0, 0.05) is 0 Å². The average molecular weight is 293 g/mol. The molecule has 0 aliphatic heterocycles. The summed E-state index contributed by atoms with van der Waals surface area (Å²) in [6, 6.07) is 0. The molecule has 0 bridgehead atoms. The minimum atomic E-state index is 0.911. The van der Waals surface area contributed by atoms with E-state index < -0.39 is 0 Å². The minimum absolute atomic E-state index is 0.911. The number of allylic oxidation sites excluding steroid dienone is 2. The zero-order chi connectivity index (χ0) is 15.5. The van der Waals surface area contributed by atoms with Crippen molar-refractivity contribution in [3.8, 4) is 0 Å². The maximum Gasteiger partial charge on any atom is 0.142 e. The summed E-state index contributed by atoms with van der Waals surface area (Å²) in [6.45, 7) is 6.33. The summed E-state index contributed by atoms with van der Waals surface area (Å²) in [5, 5.41) is 0. The molecule has 0 N–H and O–H groups in total. The summed E-state index contributed by atoms with van der Waals surface area (Å²) in [5.41, 5.74) is 0. The molecule has 2 aliphatic carbocycles. The van der Waals surface area contributed by atoms with Gasteiger partial charge in [0.15, 0.2) is 0 Å². The summed E-state index contributed by atoms with van der Waals surface area (Å²) in [4.78, 5) is 10.4.